The molecule has 0 spiro atoms. The molecule has 23 heavy (non-hydrogen) atoms. The van der Waals surface area contributed by atoms with E-state index in [1.807, 2.05) is 0 Å². The van der Waals surface area contributed by atoms with Gasteiger partial charge in [-0.15, -0.1) is 26.2 Å². The number of hydrogen-bond acceptors (Lipinski definition) is 8. The Morgan fingerprint density at radius 3 is 1.13 bits per heavy atom. The van der Waals surface area contributed by atoms with Crippen LogP contribution in [0.4, 0.5) is 0 Å². The number of carbonyl (C=O) groups excluding carboxylic acids is 4. The van der Waals surface area contributed by atoms with Crippen LogP contribution in [0.15, 0.2) is 0 Å². The van der Waals surface area contributed by atoms with Crippen LogP contribution in [0.25, 0.3) is 0 Å². The van der Waals surface area contributed by atoms with Gasteiger partial charge in [-0.25, -0.2) is 0 Å². The van der Waals surface area contributed by atoms with Crippen molar-refractivity contribution >= 4 is 25.1 Å². The Hall–Kier alpha value is -0.961. The largest absolute Gasteiger partial charge is 0.541 e. The first kappa shape index (κ1) is 24.3. The smallest absolute Gasteiger partial charge is 0.0701 e. The average Bonchev–Trinajstić information content (AvgIpc) is 2.50. The molecule has 0 heterocycles. The Kier molecular flexibility index (Phi) is 20.2. The van der Waals surface area contributed by atoms with E-state index >= 15 is 0 Å². The number of hydrogen-bond donors (Lipinski definition) is 0. The average molecular weight is 367 g/mol. The van der Waals surface area contributed by atoms with Gasteiger partial charge in [0.05, 0.1) is 26.4 Å². The van der Waals surface area contributed by atoms with Crippen molar-refractivity contribution in [3.05, 3.63) is 0 Å². The fourth-order valence-corrected chi connectivity index (χ4v) is 1.50. The molecule has 0 N–H and O–H groups in total. The molecule has 0 aromatic heterocycles. The summed E-state index contributed by atoms with van der Waals surface area (Å²) in [6, 6.07) is 0. The zero-order chi connectivity index (χ0) is 16.5. The molecular formula is C14H20MnN2O6-4. The molecule has 0 aliphatic rings. The molecule has 0 fully saturated rings. The first-order valence-electron chi connectivity index (χ1n) is 6.78. The maximum atomic E-state index is 10.2. The summed E-state index contributed by atoms with van der Waals surface area (Å²) >= 11 is 0. The van der Waals surface area contributed by atoms with Crippen molar-refractivity contribution in [1.82, 2.24) is 9.80 Å². The molecule has 0 bridgehead atoms. The minimum atomic E-state index is 0. The van der Waals surface area contributed by atoms with Gasteiger partial charge in [-0.2, -0.15) is 0 Å². The summed E-state index contributed by atoms with van der Waals surface area (Å²) in [6.45, 7) is 2.51. The Balaban J connectivity index is 0. The molecule has 0 aliphatic carbocycles. The number of rotatable bonds is 17. The van der Waals surface area contributed by atoms with E-state index in [9.17, 15) is 19.2 Å². The van der Waals surface area contributed by atoms with Gasteiger partial charge in [0, 0.05) is 30.2 Å². The van der Waals surface area contributed by atoms with Gasteiger partial charge < -0.3 is 38.5 Å². The van der Waals surface area contributed by atoms with E-state index in [1.165, 1.54) is 0 Å². The van der Waals surface area contributed by atoms with Crippen LogP contribution in [-0.2, 0) is 45.7 Å². The molecule has 0 rings (SSSR count). The third-order valence-corrected chi connectivity index (χ3v) is 2.63. The Morgan fingerprint density at radius 2 is 0.870 bits per heavy atom. The third kappa shape index (κ3) is 15.7. The summed E-state index contributed by atoms with van der Waals surface area (Å²) in [5, 5.41) is 0. The second kappa shape index (κ2) is 19.1. The van der Waals surface area contributed by atoms with Crippen molar-refractivity contribution in [2.45, 2.75) is 0 Å². The molecular weight excluding hydrogens is 347 g/mol. The summed E-state index contributed by atoms with van der Waals surface area (Å²) in [7, 11) is 0. The van der Waals surface area contributed by atoms with Gasteiger partial charge in [-0.1, -0.05) is 0 Å². The Morgan fingerprint density at radius 1 is 0.565 bits per heavy atom. The van der Waals surface area contributed by atoms with Crippen molar-refractivity contribution in [2.24, 2.45) is 0 Å². The van der Waals surface area contributed by atoms with E-state index in [0.29, 0.717) is 39.5 Å². The maximum absolute atomic E-state index is 10.2. The van der Waals surface area contributed by atoms with Crippen LogP contribution in [0.1, 0.15) is 0 Å². The molecule has 8 nitrogen and oxygen atoms in total. The van der Waals surface area contributed by atoms with Gasteiger partial charge in [-0.3, -0.25) is 25.1 Å². The van der Waals surface area contributed by atoms with Crippen LogP contribution >= 0.6 is 0 Å². The van der Waals surface area contributed by atoms with Crippen molar-refractivity contribution < 1.29 is 45.7 Å². The molecule has 1 radical (unpaired) electrons. The summed E-state index contributed by atoms with van der Waals surface area (Å²) < 4.78 is 10.6. The summed E-state index contributed by atoms with van der Waals surface area (Å²) in [4.78, 5) is 44.1. The Labute approximate surface area is 146 Å². The molecule has 0 aliphatic heterocycles. The minimum Gasteiger partial charge on any atom is -0.541 e. The van der Waals surface area contributed by atoms with Crippen LogP contribution in [0.3, 0.4) is 0 Å². The molecule has 0 aromatic carbocycles. The first-order valence-corrected chi connectivity index (χ1v) is 6.78. The van der Waals surface area contributed by atoms with Crippen molar-refractivity contribution in [3.8, 4) is 0 Å². The first-order chi connectivity index (χ1) is 10.8. The molecule has 0 atom stereocenters. The molecule has 0 amide bonds. The summed E-state index contributed by atoms with van der Waals surface area (Å²) in [6.07, 6.45) is 6.84. The summed E-state index contributed by atoms with van der Waals surface area (Å²) in [5.41, 5.74) is 0. The van der Waals surface area contributed by atoms with Gasteiger partial charge in [-0.05, 0) is 0 Å². The predicted molar refractivity (Wildman–Crippen MR) is 77.3 cm³/mol. The van der Waals surface area contributed by atoms with Crippen molar-refractivity contribution in [1.29, 1.82) is 0 Å². The number of ether oxygens (including phenoxy) is 2. The van der Waals surface area contributed by atoms with E-state index in [4.69, 9.17) is 9.47 Å². The minimum absolute atomic E-state index is 0. The van der Waals surface area contributed by atoms with Crippen molar-refractivity contribution in [3.63, 3.8) is 0 Å². The van der Waals surface area contributed by atoms with E-state index in [0.717, 1.165) is 0 Å². The van der Waals surface area contributed by atoms with Gasteiger partial charge in [0.25, 0.3) is 0 Å². The fraction of sp³-hybridized carbons (Fsp3) is 0.714. The molecule has 133 valence electrons. The van der Waals surface area contributed by atoms with Crippen LogP contribution < -0.4 is 0 Å². The normalized spacial score (nSPS) is 10.3. The van der Waals surface area contributed by atoms with Crippen molar-refractivity contribution in [2.75, 3.05) is 65.7 Å². The van der Waals surface area contributed by atoms with Gasteiger partial charge in [0.1, 0.15) is 0 Å². The standard InChI is InChI=1S/C14H20N2O6.Mn/c17-7-1-15(2-8-18)5-11-21-13-14-22-12-6-16(3-9-19)4-10-20;/h1-6,11-14H2;/q-4;. The molecule has 9 heteroatoms. The van der Waals surface area contributed by atoms with E-state index in [1.54, 1.807) is 34.9 Å². The fourth-order valence-electron chi connectivity index (χ4n) is 1.50. The maximum Gasteiger partial charge on any atom is 0.0701 e. The molecule has 0 aromatic rings. The van der Waals surface area contributed by atoms with Gasteiger partial charge in [0.15, 0.2) is 0 Å². The van der Waals surface area contributed by atoms with Crippen LogP contribution in [0.5, 0.6) is 0 Å². The monoisotopic (exact) mass is 367 g/mol. The SMILES string of the molecule is O=[C-]CN(C[C-]=O)CCOCCOCCN(C[C-]=O)C[C-]=O.[Mn]. The second-order valence-corrected chi connectivity index (χ2v) is 4.22. The Bertz CT molecular complexity index is 270. The third-order valence-electron chi connectivity index (χ3n) is 2.63. The van der Waals surface area contributed by atoms with Gasteiger partial charge in [0.2, 0.25) is 0 Å². The van der Waals surface area contributed by atoms with Gasteiger partial charge >= 0.3 is 0 Å². The van der Waals surface area contributed by atoms with E-state index < -0.39 is 0 Å². The summed E-state index contributed by atoms with van der Waals surface area (Å²) in [5.74, 6) is 0. The van der Waals surface area contributed by atoms with E-state index in [2.05, 4.69) is 0 Å². The second-order valence-electron chi connectivity index (χ2n) is 4.22. The molecule has 0 saturated carbocycles. The molecule has 0 saturated heterocycles. The predicted octanol–water partition coefficient (Wildman–Crippen LogP) is -1.94. The van der Waals surface area contributed by atoms with Crippen LogP contribution in [0, 0.1) is 0 Å². The molecule has 0 unspecified atom stereocenters. The van der Waals surface area contributed by atoms with Crippen LogP contribution in [0.2, 0.25) is 0 Å². The van der Waals surface area contributed by atoms with Crippen LogP contribution in [-0.4, -0.2) is 101 Å². The topological polar surface area (TPSA) is 93.2 Å². The zero-order valence-electron chi connectivity index (χ0n) is 12.8. The zero-order valence-corrected chi connectivity index (χ0v) is 14.0. The quantitative estimate of drug-likeness (QED) is 0.167. The number of nitrogens with zero attached hydrogens (tertiary/aromatic N) is 2. The van der Waals surface area contributed by atoms with E-state index in [-0.39, 0.29) is 43.2 Å².